The Balaban J connectivity index is 3.10. The quantitative estimate of drug-likeness (QED) is 0.387. The van der Waals surface area contributed by atoms with Gasteiger partial charge >= 0.3 is 5.97 Å². The molecule has 1 atom stereocenters. The molecule has 0 radical (unpaired) electrons. The lowest BCUT2D eigenvalue weighted by Gasteiger charge is -2.32. The first-order valence-corrected chi connectivity index (χ1v) is 8.23. The molecule has 0 aliphatic carbocycles. The number of esters is 1. The smallest absolute Gasteiger partial charge is 0.302 e. The molecular formula is C18H25N3O5. The molecule has 1 unspecified atom stereocenters. The molecule has 0 aromatic heterocycles. The second-order valence-electron chi connectivity index (χ2n) is 5.48. The van der Waals surface area contributed by atoms with Crippen molar-refractivity contribution >= 4 is 23.3 Å². The van der Waals surface area contributed by atoms with Crippen molar-refractivity contribution in [3.8, 4) is 11.8 Å². The van der Waals surface area contributed by atoms with Crippen LogP contribution in [0.3, 0.4) is 0 Å². The van der Waals surface area contributed by atoms with Crippen LogP contribution in [0.25, 0.3) is 0 Å². The molecule has 1 N–H and O–H groups in total. The summed E-state index contributed by atoms with van der Waals surface area (Å²) in [6.07, 6.45) is -0.133. The van der Waals surface area contributed by atoms with Crippen LogP contribution in [-0.4, -0.2) is 45.0 Å². The van der Waals surface area contributed by atoms with Gasteiger partial charge in [-0.05, 0) is 25.1 Å². The van der Waals surface area contributed by atoms with Crippen molar-refractivity contribution in [1.82, 2.24) is 0 Å². The highest BCUT2D eigenvalue weighted by Gasteiger charge is 2.20. The van der Waals surface area contributed by atoms with Gasteiger partial charge in [-0.3, -0.25) is 9.59 Å². The van der Waals surface area contributed by atoms with Gasteiger partial charge in [-0.1, -0.05) is 0 Å². The zero-order chi connectivity index (χ0) is 19.5. The number of hydrogen-bond donors (Lipinski definition) is 1. The third kappa shape index (κ3) is 6.99. The number of rotatable bonds is 10. The van der Waals surface area contributed by atoms with Gasteiger partial charge in [0, 0.05) is 19.5 Å². The number of nitriles is 1. The number of amides is 1. The fourth-order valence-electron chi connectivity index (χ4n) is 2.35. The monoisotopic (exact) mass is 363 g/mol. The lowest BCUT2D eigenvalue weighted by atomic mass is 10.2. The summed E-state index contributed by atoms with van der Waals surface area (Å²) in [7, 11) is 1.54. The van der Waals surface area contributed by atoms with Crippen LogP contribution in [-0.2, 0) is 19.1 Å². The molecule has 1 amide bonds. The summed E-state index contributed by atoms with van der Waals surface area (Å²) in [4.78, 5) is 24.2. The molecule has 26 heavy (non-hydrogen) atoms. The molecule has 1 aromatic rings. The normalized spacial score (nSPS) is 11.2. The Labute approximate surface area is 153 Å². The molecule has 0 saturated heterocycles. The average molecular weight is 363 g/mol. The summed E-state index contributed by atoms with van der Waals surface area (Å²) in [6.45, 7) is 5.39. The highest BCUT2D eigenvalue weighted by Crippen LogP contribution is 2.33. The fourth-order valence-corrected chi connectivity index (χ4v) is 2.35. The van der Waals surface area contributed by atoms with Gasteiger partial charge in [-0.2, -0.15) is 5.26 Å². The molecule has 0 heterocycles. The molecular weight excluding hydrogens is 338 g/mol. The number of nitrogens with one attached hydrogen (secondary N) is 1. The van der Waals surface area contributed by atoms with Gasteiger partial charge in [-0.15, -0.1) is 0 Å². The van der Waals surface area contributed by atoms with Crippen molar-refractivity contribution in [1.29, 1.82) is 5.26 Å². The highest BCUT2D eigenvalue weighted by atomic mass is 16.5. The van der Waals surface area contributed by atoms with Crippen molar-refractivity contribution in [2.24, 2.45) is 0 Å². The van der Waals surface area contributed by atoms with E-state index >= 15 is 0 Å². The second kappa shape index (κ2) is 10.9. The maximum Gasteiger partial charge on any atom is 0.302 e. The van der Waals surface area contributed by atoms with Crippen LogP contribution in [0.2, 0.25) is 0 Å². The lowest BCUT2D eigenvalue weighted by molar-refractivity contribution is -0.140. The van der Waals surface area contributed by atoms with Crippen molar-refractivity contribution in [2.45, 2.75) is 33.4 Å². The minimum absolute atomic E-state index is 0.162. The first-order valence-electron chi connectivity index (χ1n) is 8.23. The minimum atomic E-state index is -0.402. The zero-order valence-corrected chi connectivity index (χ0v) is 15.6. The predicted molar refractivity (Wildman–Crippen MR) is 96.9 cm³/mol. The van der Waals surface area contributed by atoms with Gasteiger partial charge in [0.25, 0.3) is 0 Å². The number of carbonyl (C=O) groups excluding carboxylic acids is 2. The number of carbonyl (C=O) groups is 2. The van der Waals surface area contributed by atoms with E-state index in [1.165, 1.54) is 13.8 Å². The number of benzene rings is 1. The van der Waals surface area contributed by atoms with Gasteiger partial charge in [0.15, 0.2) is 0 Å². The van der Waals surface area contributed by atoms with Gasteiger partial charge in [0.1, 0.15) is 18.6 Å². The molecule has 0 saturated carbocycles. The number of anilines is 2. The molecule has 1 aromatic carbocycles. The predicted octanol–water partition coefficient (Wildman–Crippen LogP) is 2.30. The topological polar surface area (TPSA) is 101 Å². The summed E-state index contributed by atoms with van der Waals surface area (Å²) in [5.74, 6) is 0.0190. The van der Waals surface area contributed by atoms with Crippen LogP contribution in [0.1, 0.15) is 27.2 Å². The first kappa shape index (κ1) is 21.3. The number of ether oxygens (including phenoxy) is 3. The van der Waals surface area contributed by atoms with Gasteiger partial charge < -0.3 is 24.4 Å². The molecule has 1 rings (SSSR count). The summed E-state index contributed by atoms with van der Waals surface area (Å²) in [6, 6.07) is 7.26. The Kier molecular flexibility index (Phi) is 8.95. The highest BCUT2D eigenvalue weighted by molar-refractivity contribution is 5.89. The molecule has 0 spiro atoms. The maximum atomic E-state index is 11.3. The van der Waals surface area contributed by atoms with E-state index in [0.29, 0.717) is 23.7 Å². The van der Waals surface area contributed by atoms with Gasteiger partial charge in [0.2, 0.25) is 5.91 Å². The van der Waals surface area contributed by atoms with Crippen LogP contribution in [0.5, 0.6) is 5.75 Å². The lowest BCUT2D eigenvalue weighted by Crippen LogP contribution is -2.38. The van der Waals surface area contributed by atoms with Crippen molar-refractivity contribution in [2.75, 3.05) is 37.1 Å². The van der Waals surface area contributed by atoms with Crippen molar-refractivity contribution in [3.05, 3.63) is 18.2 Å². The van der Waals surface area contributed by atoms with Crippen molar-refractivity contribution < 1.29 is 23.8 Å². The number of methoxy groups -OCH3 is 1. The van der Waals surface area contributed by atoms with Crippen LogP contribution in [0.4, 0.5) is 11.4 Å². The molecule has 142 valence electrons. The first-order chi connectivity index (χ1) is 12.4. The third-order valence-corrected chi connectivity index (χ3v) is 3.46. The van der Waals surface area contributed by atoms with Gasteiger partial charge in [0.05, 0.1) is 38.4 Å². The van der Waals surface area contributed by atoms with E-state index < -0.39 is 6.23 Å². The second-order valence-corrected chi connectivity index (χ2v) is 5.48. The van der Waals surface area contributed by atoms with E-state index in [9.17, 15) is 9.59 Å². The minimum Gasteiger partial charge on any atom is -0.495 e. The maximum absolute atomic E-state index is 11.3. The van der Waals surface area contributed by atoms with Crippen molar-refractivity contribution in [3.63, 3.8) is 0 Å². The molecule has 8 nitrogen and oxygen atoms in total. The van der Waals surface area contributed by atoms with E-state index in [0.717, 1.165) is 0 Å². The Morgan fingerprint density at radius 1 is 1.31 bits per heavy atom. The summed E-state index contributed by atoms with van der Waals surface area (Å²) >= 11 is 0. The van der Waals surface area contributed by atoms with Gasteiger partial charge in [-0.25, -0.2) is 0 Å². The SMILES string of the molecule is COc1ccc(NC(C)=O)cc1N(CCOC(C)=O)C(C)OCCC#N. The molecule has 0 bridgehead atoms. The number of nitrogens with zero attached hydrogens (tertiary/aromatic N) is 2. The van der Waals surface area contributed by atoms with E-state index in [1.807, 2.05) is 17.9 Å². The van der Waals surface area contributed by atoms with E-state index in [2.05, 4.69) is 5.32 Å². The molecule has 0 aliphatic heterocycles. The summed E-state index contributed by atoms with van der Waals surface area (Å²) in [5, 5.41) is 11.4. The molecule has 0 aliphatic rings. The largest absolute Gasteiger partial charge is 0.495 e. The molecule has 0 fully saturated rings. The zero-order valence-electron chi connectivity index (χ0n) is 15.6. The summed E-state index contributed by atoms with van der Waals surface area (Å²) < 4.78 is 16.2. The van der Waals surface area contributed by atoms with E-state index in [-0.39, 0.29) is 31.5 Å². The summed E-state index contributed by atoms with van der Waals surface area (Å²) in [5.41, 5.74) is 1.28. The Hall–Kier alpha value is -2.79. The van der Waals surface area contributed by atoms with E-state index in [4.69, 9.17) is 19.5 Å². The molecule has 8 heteroatoms. The third-order valence-electron chi connectivity index (χ3n) is 3.46. The van der Waals surface area contributed by atoms with Crippen LogP contribution in [0, 0.1) is 11.3 Å². The Bertz CT molecular complexity index is 657. The number of hydrogen-bond acceptors (Lipinski definition) is 7. The fraction of sp³-hybridized carbons (Fsp3) is 0.500. The Morgan fingerprint density at radius 3 is 2.62 bits per heavy atom. The van der Waals surface area contributed by atoms with E-state index in [1.54, 1.807) is 25.3 Å². The van der Waals surface area contributed by atoms with Crippen LogP contribution in [0.15, 0.2) is 18.2 Å². The van der Waals surface area contributed by atoms with Crippen LogP contribution < -0.4 is 15.0 Å². The van der Waals surface area contributed by atoms with Crippen LogP contribution >= 0.6 is 0 Å². The average Bonchev–Trinajstić information content (AvgIpc) is 2.58. The standard InChI is InChI=1S/C18H25N3O5/c1-13(22)20-16-6-7-18(24-4)17(12-16)21(9-11-26-15(3)23)14(2)25-10-5-8-19/h6-7,12,14H,5,9-11H2,1-4H3,(H,20,22). The Morgan fingerprint density at radius 2 is 2.04 bits per heavy atom.